The minimum Gasteiger partial charge on any atom is -0.483 e. The van der Waals surface area contributed by atoms with Gasteiger partial charge in [-0.1, -0.05) is 36.5 Å². The second kappa shape index (κ2) is 7.24. The smallest absolute Gasteiger partial charge is 0.262 e. The number of thiocarbonyl (C=S) groups is 1. The van der Waals surface area contributed by atoms with Gasteiger partial charge in [0.1, 0.15) is 10.7 Å². The normalized spacial score (nSPS) is 10.2. The maximum atomic E-state index is 12.1. The lowest BCUT2D eigenvalue weighted by molar-refractivity contribution is -0.118. The molecule has 0 radical (unpaired) electrons. The Morgan fingerprint density at radius 3 is 2.48 bits per heavy atom. The lowest BCUT2D eigenvalue weighted by Gasteiger charge is -2.14. The molecule has 0 saturated heterocycles. The average molecular weight is 328 g/mol. The third-order valence-electron chi connectivity index (χ3n) is 3.69. The first-order valence-corrected chi connectivity index (χ1v) is 7.69. The molecular weight excluding hydrogens is 308 g/mol. The number of nitrogens with one attached hydrogen (secondary N) is 1. The van der Waals surface area contributed by atoms with E-state index in [-0.39, 0.29) is 17.5 Å². The molecule has 23 heavy (non-hydrogen) atoms. The lowest BCUT2D eigenvalue weighted by Crippen LogP contribution is -2.23. The van der Waals surface area contributed by atoms with Gasteiger partial charge in [-0.2, -0.15) is 0 Å². The molecule has 0 unspecified atom stereocenters. The standard InChI is InChI=1S/C18H20N2O2S/c1-11-8-9-12(2)17(13(11)3)22-10-16(21)20-15-7-5-4-6-14(15)18(19)23/h4-9H,10H2,1-3H3,(H2,19,23)(H,20,21). The maximum Gasteiger partial charge on any atom is 0.262 e. The van der Waals surface area contributed by atoms with Gasteiger partial charge in [0.25, 0.3) is 5.91 Å². The highest BCUT2D eigenvalue weighted by molar-refractivity contribution is 7.80. The van der Waals surface area contributed by atoms with Crippen molar-refractivity contribution in [1.82, 2.24) is 0 Å². The summed E-state index contributed by atoms with van der Waals surface area (Å²) in [4.78, 5) is 12.4. The summed E-state index contributed by atoms with van der Waals surface area (Å²) in [5.41, 5.74) is 10.1. The summed E-state index contributed by atoms with van der Waals surface area (Å²) in [7, 11) is 0. The van der Waals surface area contributed by atoms with Crippen LogP contribution in [0.5, 0.6) is 5.75 Å². The number of hydrogen-bond acceptors (Lipinski definition) is 3. The highest BCUT2D eigenvalue weighted by Crippen LogP contribution is 2.25. The molecule has 2 aromatic carbocycles. The third-order valence-corrected chi connectivity index (χ3v) is 3.91. The van der Waals surface area contributed by atoms with Crippen molar-refractivity contribution in [1.29, 1.82) is 0 Å². The molecule has 0 atom stereocenters. The van der Waals surface area contributed by atoms with Crippen molar-refractivity contribution in [2.75, 3.05) is 11.9 Å². The molecule has 0 heterocycles. The van der Waals surface area contributed by atoms with Gasteiger partial charge in [0.15, 0.2) is 6.61 Å². The van der Waals surface area contributed by atoms with E-state index in [1.54, 1.807) is 12.1 Å². The van der Waals surface area contributed by atoms with Gasteiger partial charge in [-0.25, -0.2) is 0 Å². The van der Waals surface area contributed by atoms with Crippen molar-refractivity contribution in [3.8, 4) is 5.75 Å². The van der Waals surface area contributed by atoms with Gasteiger partial charge < -0.3 is 15.8 Å². The number of hydrogen-bond donors (Lipinski definition) is 2. The minimum absolute atomic E-state index is 0.0726. The molecule has 3 N–H and O–H groups in total. The zero-order valence-corrected chi connectivity index (χ0v) is 14.3. The Bertz CT molecular complexity index is 757. The molecular formula is C18H20N2O2S. The molecule has 0 aliphatic rings. The van der Waals surface area contributed by atoms with Gasteiger partial charge in [-0.3, -0.25) is 4.79 Å². The first-order valence-electron chi connectivity index (χ1n) is 7.28. The highest BCUT2D eigenvalue weighted by atomic mass is 32.1. The summed E-state index contributed by atoms with van der Waals surface area (Å²) in [5.74, 6) is 0.497. The molecule has 4 nitrogen and oxygen atoms in total. The predicted molar refractivity (Wildman–Crippen MR) is 97.1 cm³/mol. The van der Waals surface area contributed by atoms with Crippen LogP contribution in [0.25, 0.3) is 0 Å². The summed E-state index contributed by atoms with van der Waals surface area (Å²) in [6, 6.07) is 11.2. The summed E-state index contributed by atoms with van der Waals surface area (Å²) >= 11 is 4.99. The average Bonchev–Trinajstić information content (AvgIpc) is 2.51. The topological polar surface area (TPSA) is 64.3 Å². The van der Waals surface area contributed by atoms with E-state index in [4.69, 9.17) is 22.7 Å². The molecule has 0 aliphatic carbocycles. The van der Waals surface area contributed by atoms with Gasteiger partial charge in [0, 0.05) is 5.56 Å². The van der Waals surface area contributed by atoms with E-state index in [9.17, 15) is 4.79 Å². The van der Waals surface area contributed by atoms with E-state index in [0.29, 0.717) is 11.3 Å². The van der Waals surface area contributed by atoms with Crippen molar-refractivity contribution in [2.45, 2.75) is 20.8 Å². The Labute approximate surface area is 141 Å². The van der Waals surface area contributed by atoms with E-state index < -0.39 is 0 Å². The largest absolute Gasteiger partial charge is 0.483 e. The van der Waals surface area contributed by atoms with Crippen molar-refractivity contribution in [3.63, 3.8) is 0 Å². The summed E-state index contributed by atoms with van der Waals surface area (Å²) < 4.78 is 5.71. The summed E-state index contributed by atoms with van der Waals surface area (Å²) in [5, 5.41) is 2.78. The maximum absolute atomic E-state index is 12.1. The molecule has 0 saturated carbocycles. The Morgan fingerprint density at radius 1 is 1.13 bits per heavy atom. The fourth-order valence-electron chi connectivity index (χ4n) is 2.28. The molecule has 120 valence electrons. The fraction of sp³-hybridized carbons (Fsp3) is 0.222. The number of amides is 1. The quantitative estimate of drug-likeness (QED) is 0.827. The zero-order valence-electron chi connectivity index (χ0n) is 13.5. The second-order valence-electron chi connectivity index (χ2n) is 5.40. The predicted octanol–water partition coefficient (Wildman–Crippen LogP) is 3.26. The van der Waals surface area contributed by atoms with Crippen molar-refractivity contribution in [2.24, 2.45) is 5.73 Å². The van der Waals surface area contributed by atoms with E-state index >= 15 is 0 Å². The molecule has 0 fully saturated rings. The summed E-state index contributed by atoms with van der Waals surface area (Å²) in [6.07, 6.45) is 0. The van der Waals surface area contributed by atoms with Crippen LogP contribution in [0, 0.1) is 20.8 Å². The molecule has 0 spiro atoms. The van der Waals surface area contributed by atoms with Crippen LogP contribution in [-0.2, 0) is 4.79 Å². The van der Waals surface area contributed by atoms with Gasteiger partial charge >= 0.3 is 0 Å². The number of aryl methyl sites for hydroxylation is 2. The van der Waals surface area contributed by atoms with Crippen LogP contribution in [0.4, 0.5) is 5.69 Å². The number of para-hydroxylation sites is 1. The third kappa shape index (κ3) is 4.07. The van der Waals surface area contributed by atoms with E-state index in [2.05, 4.69) is 5.32 Å². The SMILES string of the molecule is Cc1ccc(C)c(OCC(=O)Nc2ccccc2C(N)=S)c1C. The Hall–Kier alpha value is -2.40. The molecule has 2 aromatic rings. The molecule has 2 rings (SSSR count). The molecule has 0 aromatic heterocycles. The first kappa shape index (κ1) is 17.0. The minimum atomic E-state index is -0.256. The Balaban J connectivity index is 2.07. The van der Waals surface area contributed by atoms with E-state index in [0.717, 1.165) is 22.4 Å². The van der Waals surface area contributed by atoms with E-state index in [1.165, 1.54) is 0 Å². The van der Waals surface area contributed by atoms with Crippen molar-refractivity contribution in [3.05, 3.63) is 58.7 Å². The number of rotatable bonds is 5. The van der Waals surface area contributed by atoms with Crippen LogP contribution < -0.4 is 15.8 Å². The van der Waals surface area contributed by atoms with Gasteiger partial charge in [-0.15, -0.1) is 0 Å². The number of anilines is 1. The Kier molecular flexibility index (Phi) is 5.34. The molecule has 0 aliphatic heterocycles. The van der Waals surface area contributed by atoms with Crippen LogP contribution in [0.1, 0.15) is 22.3 Å². The summed E-state index contributed by atoms with van der Waals surface area (Å²) in [6.45, 7) is 5.89. The number of carbonyl (C=O) groups excluding carboxylic acids is 1. The van der Waals surface area contributed by atoms with Crippen LogP contribution in [0.15, 0.2) is 36.4 Å². The first-order chi connectivity index (χ1) is 10.9. The monoisotopic (exact) mass is 328 g/mol. The molecule has 1 amide bonds. The Morgan fingerprint density at radius 2 is 1.78 bits per heavy atom. The van der Waals surface area contributed by atoms with Crippen LogP contribution in [0.2, 0.25) is 0 Å². The number of benzene rings is 2. The van der Waals surface area contributed by atoms with Crippen molar-refractivity contribution < 1.29 is 9.53 Å². The van der Waals surface area contributed by atoms with Crippen LogP contribution in [-0.4, -0.2) is 17.5 Å². The highest BCUT2D eigenvalue weighted by Gasteiger charge is 2.11. The molecule has 5 heteroatoms. The van der Waals surface area contributed by atoms with Crippen molar-refractivity contribution >= 4 is 28.8 Å². The van der Waals surface area contributed by atoms with Gasteiger partial charge in [-0.05, 0) is 49.6 Å². The van der Waals surface area contributed by atoms with Crippen LogP contribution in [0.3, 0.4) is 0 Å². The van der Waals surface area contributed by atoms with Gasteiger partial charge in [0.2, 0.25) is 0 Å². The number of carbonyl (C=O) groups is 1. The van der Waals surface area contributed by atoms with Gasteiger partial charge in [0.05, 0.1) is 5.69 Å². The fourth-order valence-corrected chi connectivity index (χ4v) is 2.46. The molecule has 0 bridgehead atoms. The van der Waals surface area contributed by atoms with Crippen LogP contribution >= 0.6 is 12.2 Å². The second-order valence-corrected chi connectivity index (χ2v) is 5.84. The number of ether oxygens (including phenoxy) is 1. The van der Waals surface area contributed by atoms with E-state index in [1.807, 2.05) is 45.0 Å². The number of nitrogens with two attached hydrogens (primary N) is 1. The lowest BCUT2D eigenvalue weighted by atomic mass is 10.1. The zero-order chi connectivity index (χ0) is 17.0.